The number of halogens is 1. The summed E-state index contributed by atoms with van der Waals surface area (Å²) < 4.78 is 5.44. The van der Waals surface area contributed by atoms with E-state index in [1.165, 1.54) is 12.0 Å². The van der Waals surface area contributed by atoms with Gasteiger partial charge in [-0.2, -0.15) is 0 Å². The van der Waals surface area contributed by atoms with Crippen molar-refractivity contribution in [3.05, 3.63) is 23.4 Å². The minimum atomic E-state index is -0.938. The van der Waals surface area contributed by atoms with E-state index in [-0.39, 0.29) is 12.4 Å². The third kappa shape index (κ3) is 8.73. The van der Waals surface area contributed by atoms with Crippen LogP contribution in [0.15, 0.2) is 12.1 Å². The summed E-state index contributed by atoms with van der Waals surface area (Å²) in [6, 6.07) is 3.54. The maximum Gasteiger partial charge on any atom is 0.320 e. The lowest BCUT2D eigenvalue weighted by atomic mass is 10.1. The number of rotatable bonds is 13. The van der Waals surface area contributed by atoms with Crippen LogP contribution >= 0.6 is 12.4 Å². The smallest absolute Gasteiger partial charge is 0.320 e. The number of nitrogens with zero attached hydrogens (tertiary/aromatic N) is 2. The van der Waals surface area contributed by atoms with Crippen LogP contribution in [0.1, 0.15) is 43.9 Å². The number of unbranched alkanes of at least 4 members (excludes halogenated alkanes) is 1. The van der Waals surface area contributed by atoms with E-state index >= 15 is 0 Å². The predicted octanol–water partition coefficient (Wildman–Crippen LogP) is 2.32. The van der Waals surface area contributed by atoms with Gasteiger partial charge in [0.2, 0.25) is 0 Å². The number of ether oxygens (including phenoxy) is 1. The number of aryl methyl sites for hydroxylation is 2. The molecule has 1 aliphatic rings. The molecule has 1 aromatic rings. The Morgan fingerprint density at radius 2 is 2.18 bits per heavy atom. The highest BCUT2D eigenvalue weighted by Gasteiger charge is 2.14. The topological polar surface area (TPSA) is 101 Å². The van der Waals surface area contributed by atoms with E-state index < -0.39 is 12.0 Å². The standard InChI is InChI=1S/C20H34N4O3.ClH/c1-2-27-15-14-24(13-10-18(21)20(25)26)12-4-3-7-17-9-8-16-6-5-11-22-19(16)23-17;/h8-9,18H,2-7,10-15,21H2,1H3,(H,22,23)(H,25,26);1H. The Morgan fingerprint density at radius 3 is 2.93 bits per heavy atom. The third-order valence-corrected chi connectivity index (χ3v) is 4.94. The van der Waals surface area contributed by atoms with Crippen molar-refractivity contribution in [2.45, 2.75) is 51.5 Å². The van der Waals surface area contributed by atoms with E-state index in [1.54, 1.807) is 0 Å². The summed E-state index contributed by atoms with van der Waals surface area (Å²) in [5.74, 6) is 0.117. The molecular formula is C20H35ClN4O3. The molecule has 160 valence electrons. The van der Waals surface area contributed by atoms with Crippen LogP contribution in [0.5, 0.6) is 0 Å². The van der Waals surface area contributed by atoms with E-state index in [0.29, 0.717) is 26.2 Å². The number of carboxylic acids is 1. The minimum Gasteiger partial charge on any atom is -0.480 e. The van der Waals surface area contributed by atoms with Crippen molar-refractivity contribution in [1.29, 1.82) is 0 Å². The molecule has 4 N–H and O–H groups in total. The number of carbonyl (C=O) groups is 1. The second kappa shape index (κ2) is 13.7. The van der Waals surface area contributed by atoms with Gasteiger partial charge in [0, 0.05) is 31.9 Å². The fourth-order valence-electron chi connectivity index (χ4n) is 3.27. The molecule has 0 fully saturated rings. The number of hydrogen-bond acceptors (Lipinski definition) is 6. The van der Waals surface area contributed by atoms with Gasteiger partial charge in [-0.25, -0.2) is 4.98 Å². The highest BCUT2D eigenvalue weighted by atomic mass is 35.5. The van der Waals surface area contributed by atoms with Crippen molar-refractivity contribution in [2.24, 2.45) is 5.73 Å². The van der Waals surface area contributed by atoms with E-state index in [0.717, 1.165) is 56.8 Å². The maximum atomic E-state index is 10.9. The van der Waals surface area contributed by atoms with Crippen molar-refractivity contribution >= 4 is 24.2 Å². The summed E-state index contributed by atoms with van der Waals surface area (Å²) in [5, 5.41) is 12.3. The molecular weight excluding hydrogens is 380 g/mol. The highest BCUT2D eigenvalue weighted by Crippen LogP contribution is 2.20. The Hall–Kier alpha value is -1.41. The Morgan fingerprint density at radius 1 is 1.36 bits per heavy atom. The fraction of sp³-hybridized carbons (Fsp3) is 0.700. The zero-order valence-electron chi connectivity index (χ0n) is 16.9. The summed E-state index contributed by atoms with van der Waals surface area (Å²) >= 11 is 0. The quantitative estimate of drug-likeness (QED) is 0.426. The van der Waals surface area contributed by atoms with Gasteiger partial charge in [-0.15, -0.1) is 12.4 Å². The van der Waals surface area contributed by atoms with Gasteiger partial charge in [0.05, 0.1) is 6.61 Å². The fourth-order valence-corrected chi connectivity index (χ4v) is 3.27. The first-order valence-corrected chi connectivity index (χ1v) is 10.1. The van der Waals surface area contributed by atoms with Crippen molar-refractivity contribution in [3.63, 3.8) is 0 Å². The lowest BCUT2D eigenvalue weighted by Gasteiger charge is -2.23. The molecule has 2 heterocycles. The molecule has 1 aromatic heterocycles. The van der Waals surface area contributed by atoms with Crippen LogP contribution in [0.25, 0.3) is 0 Å². The molecule has 0 bridgehead atoms. The first-order chi connectivity index (χ1) is 13.1. The van der Waals surface area contributed by atoms with Gasteiger partial charge in [-0.1, -0.05) is 6.07 Å². The molecule has 0 aromatic carbocycles. The highest BCUT2D eigenvalue weighted by molar-refractivity contribution is 5.85. The lowest BCUT2D eigenvalue weighted by Crippen LogP contribution is -2.37. The molecule has 0 radical (unpaired) electrons. The van der Waals surface area contributed by atoms with Gasteiger partial charge in [0.25, 0.3) is 0 Å². The molecule has 1 unspecified atom stereocenters. The van der Waals surface area contributed by atoms with Gasteiger partial charge in [-0.05, 0) is 63.6 Å². The minimum absolute atomic E-state index is 0. The molecule has 0 saturated carbocycles. The first kappa shape index (κ1) is 24.6. The number of pyridine rings is 1. The molecule has 28 heavy (non-hydrogen) atoms. The predicted molar refractivity (Wildman–Crippen MR) is 114 cm³/mol. The molecule has 0 spiro atoms. The molecule has 0 aliphatic carbocycles. The largest absolute Gasteiger partial charge is 0.480 e. The van der Waals surface area contributed by atoms with E-state index in [2.05, 4.69) is 22.3 Å². The van der Waals surface area contributed by atoms with Crippen molar-refractivity contribution < 1.29 is 14.6 Å². The van der Waals surface area contributed by atoms with Crippen LogP contribution in [0.3, 0.4) is 0 Å². The Balaban J connectivity index is 0.00000392. The molecule has 1 atom stereocenters. The van der Waals surface area contributed by atoms with Crippen LogP contribution in [-0.2, 0) is 22.4 Å². The van der Waals surface area contributed by atoms with Gasteiger partial charge in [-0.3, -0.25) is 4.79 Å². The molecule has 1 aliphatic heterocycles. The normalized spacial score (nSPS) is 14.1. The summed E-state index contributed by atoms with van der Waals surface area (Å²) in [4.78, 5) is 17.9. The van der Waals surface area contributed by atoms with Crippen LogP contribution in [0.4, 0.5) is 5.82 Å². The van der Waals surface area contributed by atoms with E-state index in [9.17, 15) is 4.79 Å². The number of nitrogens with one attached hydrogen (secondary N) is 1. The Labute approximate surface area is 174 Å². The van der Waals surface area contributed by atoms with Gasteiger partial charge >= 0.3 is 5.97 Å². The molecule has 2 rings (SSSR count). The molecule has 0 amide bonds. The van der Waals surface area contributed by atoms with Crippen LogP contribution in [0.2, 0.25) is 0 Å². The van der Waals surface area contributed by atoms with Crippen LogP contribution < -0.4 is 11.1 Å². The monoisotopic (exact) mass is 414 g/mol. The van der Waals surface area contributed by atoms with Gasteiger partial charge < -0.3 is 25.8 Å². The van der Waals surface area contributed by atoms with Crippen LogP contribution in [0, 0.1) is 0 Å². The first-order valence-electron chi connectivity index (χ1n) is 10.1. The van der Waals surface area contributed by atoms with Crippen molar-refractivity contribution in [1.82, 2.24) is 9.88 Å². The Kier molecular flexibility index (Phi) is 12.1. The maximum absolute atomic E-state index is 10.9. The second-order valence-electron chi connectivity index (χ2n) is 7.07. The number of carboxylic acid groups (broad SMARTS) is 1. The zero-order chi connectivity index (χ0) is 19.5. The number of aromatic nitrogens is 1. The summed E-state index contributed by atoms with van der Waals surface area (Å²) in [5.41, 5.74) is 8.09. The van der Waals surface area contributed by atoms with Gasteiger partial charge in [0.15, 0.2) is 0 Å². The summed E-state index contributed by atoms with van der Waals surface area (Å²) in [6.07, 6.45) is 5.81. The van der Waals surface area contributed by atoms with Gasteiger partial charge in [0.1, 0.15) is 11.9 Å². The number of anilines is 1. The van der Waals surface area contributed by atoms with Crippen molar-refractivity contribution in [3.8, 4) is 0 Å². The SMILES string of the molecule is CCOCCN(CCCCc1ccc2c(n1)NCCC2)CCC(N)C(=O)O.Cl. The average Bonchev–Trinajstić information content (AvgIpc) is 2.68. The number of nitrogens with two attached hydrogens (primary N) is 1. The molecule has 0 saturated heterocycles. The van der Waals surface area contributed by atoms with Crippen molar-refractivity contribution in [2.75, 3.05) is 44.7 Å². The van der Waals surface area contributed by atoms with E-state index in [4.69, 9.17) is 20.6 Å². The number of aliphatic carboxylic acids is 1. The summed E-state index contributed by atoms with van der Waals surface area (Å²) in [6.45, 7) is 6.75. The Bertz CT molecular complexity index is 589. The number of hydrogen-bond donors (Lipinski definition) is 3. The third-order valence-electron chi connectivity index (χ3n) is 4.94. The second-order valence-corrected chi connectivity index (χ2v) is 7.07. The molecule has 8 heteroatoms. The average molecular weight is 415 g/mol. The molecule has 7 nitrogen and oxygen atoms in total. The van der Waals surface area contributed by atoms with Crippen LogP contribution in [-0.4, -0.2) is 66.4 Å². The zero-order valence-corrected chi connectivity index (χ0v) is 17.7. The number of fused-ring (bicyclic) bond motifs is 1. The summed E-state index contributed by atoms with van der Waals surface area (Å²) in [7, 11) is 0. The lowest BCUT2D eigenvalue weighted by molar-refractivity contribution is -0.138. The van der Waals surface area contributed by atoms with E-state index in [1.807, 2.05) is 6.92 Å².